The van der Waals surface area contributed by atoms with E-state index in [4.69, 9.17) is 15.2 Å². The van der Waals surface area contributed by atoms with Gasteiger partial charge in [-0.15, -0.1) is 0 Å². The average molecular weight is 271 g/mol. The van der Waals surface area contributed by atoms with Gasteiger partial charge in [0.2, 0.25) is 0 Å². The van der Waals surface area contributed by atoms with Gasteiger partial charge in [-0.3, -0.25) is 4.79 Å². The lowest BCUT2D eigenvalue weighted by Crippen LogP contribution is -2.05. The molecule has 0 aliphatic rings. The average Bonchev–Trinajstić information content (AvgIpc) is 2.46. The maximum atomic E-state index is 12.5. The Morgan fingerprint density at radius 3 is 2.30 bits per heavy atom. The van der Waals surface area contributed by atoms with E-state index >= 15 is 0 Å². The predicted molar refractivity (Wildman–Crippen MR) is 78.6 cm³/mol. The van der Waals surface area contributed by atoms with Crippen LogP contribution in [-0.4, -0.2) is 20.0 Å². The Bertz CT molecular complexity index is 650. The molecule has 0 aromatic heterocycles. The van der Waals surface area contributed by atoms with Crippen molar-refractivity contribution in [3.8, 4) is 11.5 Å². The molecule has 2 rings (SSSR count). The number of hydrogen-bond acceptors (Lipinski definition) is 4. The van der Waals surface area contributed by atoms with Crippen LogP contribution in [-0.2, 0) is 0 Å². The fourth-order valence-corrected chi connectivity index (χ4v) is 2.07. The molecule has 0 heterocycles. The number of ether oxygens (including phenoxy) is 2. The molecule has 0 fully saturated rings. The Kier molecular flexibility index (Phi) is 3.94. The van der Waals surface area contributed by atoms with E-state index in [1.54, 1.807) is 43.5 Å². The lowest BCUT2D eigenvalue weighted by atomic mass is 10.00. The van der Waals surface area contributed by atoms with E-state index in [0.29, 0.717) is 22.6 Å². The molecule has 2 aromatic rings. The molecule has 2 N–H and O–H groups in total. The third kappa shape index (κ3) is 2.59. The number of carbonyl (C=O) groups is 1. The second-order valence-electron chi connectivity index (χ2n) is 4.47. The van der Waals surface area contributed by atoms with Gasteiger partial charge in [0, 0.05) is 17.3 Å². The molecule has 104 valence electrons. The summed E-state index contributed by atoms with van der Waals surface area (Å²) in [7, 11) is 3.12. The van der Waals surface area contributed by atoms with Gasteiger partial charge in [-0.1, -0.05) is 0 Å². The molecule has 0 saturated heterocycles. The number of aryl methyl sites for hydroxylation is 1. The Morgan fingerprint density at radius 1 is 1.00 bits per heavy atom. The van der Waals surface area contributed by atoms with Crippen molar-refractivity contribution in [3.63, 3.8) is 0 Å². The van der Waals surface area contributed by atoms with Crippen LogP contribution in [0.1, 0.15) is 21.5 Å². The summed E-state index contributed by atoms with van der Waals surface area (Å²) < 4.78 is 10.4. The summed E-state index contributed by atoms with van der Waals surface area (Å²) in [5, 5.41) is 0. The van der Waals surface area contributed by atoms with Crippen molar-refractivity contribution in [3.05, 3.63) is 53.1 Å². The van der Waals surface area contributed by atoms with Crippen molar-refractivity contribution in [2.24, 2.45) is 0 Å². The van der Waals surface area contributed by atoms with Crippen LogP contribution in [0.15, 0.2) is 36.4 Å². The Morgan fingerprint density at radius 2 is 1.70 bits per heavy atom. The summed E-state index contributed by atoms with van der Waals surface area (Å²) in [5.41, 5.74) is 8.25. The molecule has 0 aliphatic carbocycles. The number of carbonyl (C=O) groups excluding carboxylic acids is 1. The lowest BCUT2D eigenvalue weighted by Gasteiger charge is -2.10. The normalized spacial score (nSPS) is 10.2. The molecule has 0 unspecified atom stereocenters. The van der Waals surface area contributed by atoms with Crippen LogP contribution in [0.4, 0.5) is 5.69 Å². The van der Waals surface area contributed by atoms with Crippen molar-refractivity contribution < 1.29 is 14.3 Å². The molecule has 0 amide bonds. The number of hydrogen-bond donors (Lipinski definition) is 1. The van der Waals surface area contributed by atoms with Crippen molar-refractivity contribution in [2.45, 2.75) is 6.92 Å². The van der Waals surface area contributed by atoms with Gasteiger partial charge in [0.1, 0.15) is 11.5 Å². The van der Waals surface area contributed by atoms with E-state index in [1.165, 1.54) is 7.11 Å². The van der Waals surface area contributed by atoms with Gasteiger partial charge in [-0.2, -0.15) is 0 Å². The highest BCUT2D eigenvalue weighted by Crippen LogP contribution is 2.26. The number of ketones is 1. The first-order valence-corrected chi connectivity index (χ1v) is 6.19. The third-order valence-electron chi connectivity index (χ3n) is 3.13. The molecule has 0 radical (unpaired) electrons. The van der Waals surface area contributed by atoms with Crippen LogP contribution in [0, 0.1) is 6.92 Å². The summed E-state index contributed by atoms with van der Waals surface area (Å²) in [4.78, 5) is 12.5. The number of nitrogen functional groups attached to an aromatic ring is 1. The number of anilines is 1. The number of methoxy groups -OCH3 is 2. The van der Waals surface area contributed by atoms with Crippen LogP contribution in [0.5, 0.6) is 11.5 Å². The molecule has 0 atom stereocenters. The zero-order valence-corrected chi connectivity index (χ0v) is 11.8. The highest BCUT2D eigenvalue weighted by molar-refractivity contribution is 6.11. The number of rotatable bonds is 4. The fourth-order valence-electron chi connectivity index (χ4n) is 2.07. The maximum absolute atomic E-state index is 12.5. The van der Waals surface area contributed by atoms with Crippen molar-refractivity contribution >= 4 is 11.5 Å². The second-order valence-corrected chi connectivity index (χ2v) is 4.47. The summed E-state index contributed by atoms with van der Waals surface area (Å²) in [6.45, 7) is 1.90. The predicted octanol–water partition coefficient (Wildman–Crippen LogP) is 2.83. The van der Waals surface area contributed by atoms with Gasteiger partial charge in [-0.25, -0.2) is 0 Å². The molecule has 4 nitrogen and oxygen atoms in total. The summed E-state index contributed by atoms with van der Waals surface area (Å²) in [6, 6.07) is 10.3. The van der Waals surface area contributed by atoms with Crippen molar-refractivity contribution in [2.75, 3.05) is 20.0 Å². The topological polar surface area (TPSA) is 61.5 Å². The van der Waals surface area contributed by atoms with E-state index in [1.807, 2.05) is 6.92 Å². The third-order valence-corrected chi connectivity index (χ3v) is 3.13. The SMILES string of the molecule is COc1ccc(C(=O)c2ccc(N)cc2OC)cc1C. The Hall–Kier alpha value is -2.49. The molecule has 20 heavy (non-hydrogen) atoms. The zero-order chi connectivity index (χ0) is 14.7. The van der Waals surface area contributed by atoms with E-state index in [2.05, 4.69) is 0 Å². The molecular weight excluding hydrogens is 254 g/mol. The van der Waals surface area contributed by atoms with E-state index < -0.39 is 0 Å². The summed E-state index contributed by atoms with van der Waals surface area (Å²) in [6.07, 6.45) is 0. The largest absolute Gasteiger partial charge is 0.496 e. The van der Waals surface area contributed by atoms with Gasteiger partial charge in [0.25, 0.3) is 0 Å². The first kappa shape index (κ1) is 13.9. The highest BCUT2D eigenvalue weighted by atomic mass is 16.5. The monoisotopic (exact) mass is 271 g/mol. The van der Waals surface area contributed by atoms with Gasteiger partial charge in [0.15, 0.2) is 5.78 Å². The second kappa shape index (κ2) is 5.65. The number of benzene rings is 2. The number of nitrogens with two attached hydrogens (primary N) is 1. The highest BCUT2D eigenvalue weighted by Gasteiger charge is 2.15. The van der Waals surface area contributed by atoms with Crippen molar-refractivity contribution in [1.82, 2.24) is 0 Å². The Balaban J connectivity index is 2.43. The Labute approximate surface area is 118 Å². The van der Waals surface area contributed by atoms with Crippen LogP contribution in [0.2, 0.25) is 0 Å². The zero-order valence-electron chi connectivity index (χ0n) is 11.8. The molecule has 0 saturated carbocycles. The first-order chi connectivity index (χ1) is 9.56. The molecular formula is C16H17NO3. The first-order valence-electron chi connectivity index (χ1n) is 6.19. The van der Waals surface area contributed by atoms with Crippen LogP contribution in [0.3, 0.4) is 0 Å². The summed E-state index contributed by atoms with van der Waals surface area (Å²) >= 11 is 0. The fraction of sp³-hybridized carbons (Fsp3) is 0.188. The minimum absolute atomic E-state index is 0.104. The molecule has 4 heteroatoms. The van der Waals surface area contributed by atoms with Gasteiger partial charge >= 0.3 is 0 Å². The lowest BCUT2D eigenvalue weighted by molar-refractivity contribution is 0.103. The van der Waals surface area contributed by atoms with Crippen LogP contribution < -0.4 is 15.2 Å². The van der Waals surface area contributed by atoms with E-state index in [0.717, 1.165) is 11.3 Å². The van der Waals surface area contributed by atoms with E-state index in [-0.39, 0.29) is 5.78 Å². The van der Waals surface area contributed by atoms with E-state index in [9.17, 15) is 4.79 Å². The maximum Gasteiger partial charge on any atom is 0.196 e. The molecule has 0 spiro atoms. The molecule has 0 bridgehead atoms. The van der Waals surface area contributed by atoms with Gasteiger partial charge in [-0.05, 0) is 42.8 Å². The quantitative estimate of drug-likeness (QED) is 0.686. The van der Waals surface area contributed by atoms with Gasteiger partial charge < -0.3 is 15.2 Å². The van der Waals surface area contributed by atoms with Gasteiger partial charge in [0.05, 0.1) is 19.8 Å². The minimum Gasteiger partial charge on any atom is -0.496 e. The standard InChI is InChI=1S/C16H17NO3/c1-10-8-11(4-7-14(10)19-2)16(18)13-6-5-12(17)9-15(13)20-3/h4-9H,17H2,1-3H3. The molecule has 0 aliphatic heterocycles. The smallest absolute Gasteiger partial charge is 0.196 e. The van der Waals surface area contributed by atoms with Crippen LogP contribution in [0.25, 0.3) is 0 Å². The molecule has 2 aromatic carbocycles. The summed E-state index contributed by atoms with van der Waals surface area (Å²) in [5.74, 6) is 1.13. The minimum atomic E-state index is -0.104. The van der Waals surface area contributed by atoms with Crippen molar-refractivity contribution in [1.29, 1.82) is 0 Å². The van der Waals surface area contributed by atoms with Crippen LogP contribution >= 0.6 is 0 Å².